The van der Waals surface area contributed by atoms with Crippen molar-refractivity contribution in [3.05, 3.63) is 0 Å². The van der Waals surface area contributed by atoms with Gasteiger partial charge in [0.2, 0.25) is 0 Å². The van der Waals surface area contributed by atoms with Crippen LogP contribution in [0.3, 0.4) is 0 Å². The van der Waals surface area contributed by atoms with Crippen LogP contribution >= 0.6 is 0 Å². The Hall–Kier alpha value is 0. The van der Waals surface area contributed by atoms with Crippen molar-refractivity contribution in [2.24, 2.45) is 11.8 Å². The van der Waals surface area contributed by atoms with Gasteiger partial charge in [0.15, 0.2) is 0 Å². The lowest BCUT2D eigenvalue weighted by molar-refractivity contribution is 0.375. The zero-order chi connectivity index (χ0) is 8.81. The maximum absolute atomic E-state index is 2.44. The van der Waals surface area contributed by atoms with Crippen LogP contribution < -0.4 is 0 Å². The topological polar surface area (TPSA) is 0 Å². The van der Waals surface area contributed by atoms with Crippen molar-refractivity contribution in [3.8, 4) is 0 Å². The first-order chi connectivity index (χ1) is 5.84. The summed E-state index contributed by atoms with van der Waals surface area (Å²) in [6.45, 7) is 4.73. The fraction of sp³-hybridized carbons (Fsp3) is 1.00. The van der Waals surface area contributed by atoms with Crippen LogP contribution in [0.25, 0.3) is 0 Å². The quantitative estimate of drug-likeness (QED) is 0.534. The van der Waals surface area contributed by atoms with E-state index >= 15 is 0 Å². The van der Waals surface area contributed by atoms with Gasteiger partial charge in [-0.15, -0.1) is 0 Å². The lowest BCUT2D eigenvalue weighted by atomic mass is 9.92. The van der Waals surface area contributed by atoms with Gasteiger partial charge in [-0.1, -0.05) is 65.2 Å². The molecule has 0 radical (unpaired) electrons. The first-order valence-electron chi connectivity index (χ1n) is 5.84. The maximum Gasteiger partial charge on any atom is -0.0388 e. The molecule has 0 aromatic rings. The summed E-state index contributed by atoms with van der Waals surface area (Å²) in [6, 6.07) is 0. The molecule has 1 saturated carbocycles. The molecule has 1 rings (SSSR count). The fourth-order valence-electron chi connectivity index (χ4n) is 2.48. The van der Waals surface area contributed by atoms with Crippen LogP contribution in [-0.2, 0) is 0 Å². The number of unbranched alkanes of at least 4 members (excludes halogenated alkanes) is 3. The van der Waals surface area contributed by atoms with E-state index in [0.29, 0.717) is 0 Å². The van der Waals surface area contributed by atoms with Crippen molar-refractivity contribution in [3.63, 3.8) is 0 Å². The van der Waals surface area contributed by atoms with Crippen molar-refractivity contribution in [2.45, 2.75) is 65.2 Å². The second-order valence-electron chi connectivity index (χ2n) is 4.52. The lowest BCUT2D eigenvalue weighted by Gasteiger charge is -2.14. The SMILES string of the molecule is CCCCCC[C@H]1CCC[C@H]1C. The Morgan fingerprint density at radius 3 is 2.50 bits per heavy atom. The number of hydrogen-bond acceptors (Lipinski definition) is 0. The Morgan fingerprint density at radius 1 is 1.08 bits per heavy atom. The highest BCUT2D eigenvalue weighted by Gasteiger charge is 2.22. The van der Waals surface area contributed by atoms with Crippen molar-refractivity contribution < 1.29 is 0 Å². The summed E-state index contributed by atoms with van der Waals surface area (Å²) >= 11 is 0. The van der Waals surface area contributed by atoms with Crippen molar-refractivity contribution in [1.82, 2.24) is 0 Å². The molecule has 0 amide bonds. The number of rotatable bonds is 5. The van der Waals surface area contributed by atoms with Gasteiger partial charge in [-0.25, -0.2) is 0 Å². The maximum atomic E-state index is 2.44. The van der Waals surface area contributed by atoms with Crippen LogP contribution in [0.1, 0.15) is 65.2 Å². The molecule has 0 bridgehead atoms. The molecule has 0 aliphatic heterocycles. The highest BCUT2D eigenvalue weighted by Crippen LogP contribution is 2.34. The summed E-state index contributed by atoms with van der Waals surface area (Å²) in [5.41, 5.74) is 0. The zero-order valence-electron chi connectivity index (χ0n) is 8.81. The van der Waals surface area contributed by atoms with E-state index in [2.05, 4.69) is 13.8 Å². The van der Waals surface area contributed by atoms with Gasteiger partial charge in [0.25, 0.3) is 0 Å². The van der Waals surface area contributed by atoms with Crippen LogP contribution in [0.5, 0.6) is 0 Å². The second-order valence-corrected chi connectivity index (χ2v) is 4.52. The highest BCUT2D eigenvalue weighted by atomic mass is 14.3. The molecule has 0 heterocycles. The average molecular weight is 168 g/mol. The minimum absolute atomic E-state index is 1.03. The molecule has 2 atom stereocenters. The Kier molecular flexibility index (Phi) is 4.72. The zero-order valence-corrected chi connectivity index (χ0v) is 8.81. The molecule has 0 spiro atoms. The van der Waals surface area contributed by atoms with Gasteiger partial charge in [0.1, 0.15) is 0 Å². The minimum atomic E-state index is 1.03. The summed E-state index contributed by atoms with van der Waals surface area (Å²) in [5.74, 6) is 2.12. The van der Waals surface area contributed by atoms with E-state index in [4.69, 9.17) is 0 Å². The molecule has 0 aromatic heterocycles. The molecular weight excluding hydrogens is 144 g/mol. The summed E-state index contributed by atoms with van der Waals surface area (Å²) in [4.78, 5) is 0. The smallest absolute Gasteiger partial charge is 0.0388 e. The molecule has 1 fully saturated rings. The lowest BCUT2D eigenvalue weighted by Crippen LogP contribution is -2.03. The van der Waals surface area contributed by atoms with E-state index in [1.807, 2.05) is 0 Å². The van der Waals surface area contributed by atoms with E-state index in [0.717, 1.165) is 11.8 Å². The number of hydrogen-bond donors (Lipinski definition) is 0. The summed E-state index contributed by atoms with van der Waals surface area (Å²) in [6.07, 6.45) is 11.8. The van der Waals surface area contributed by atoms with Gasteiger partial charge in [-0.2, -0.15) is 0 Å². The van der Waals surface area contributed by atoms with Crippen LogP contribution in [0.2, 0.25) is 0 Å². The van der Waals surface area contributed by atoms with Gasteiger partial charge < -0.3 is 0 Å². The van der Waals surface area contributed by atoms with E-state index in [1.54, 1.807) is 0 Å². The second kappa shape index (κ2) is 5.61. The standard InChI is InChI=1S/C12H24/c1-3-4-5-6-9-12-10-7-8-11(12)2/h11-12H,3-10H2,1-2H3/t11-,12+/m1/s1. The third-order valence-corrected chi connectivity index (χ3v) is 3.47. The van der Waals surface area contributed by atoms with E-state index in [-0.39, 0.29) is 0 Å². The average Bonchev–Trinajstić information content (AvgIpc) is 2.46. The third kappa shape index (κ3) is 3.16. The normalized spacial score (nSPS) is 29.5. The monoisotopic (exact) mass is 168 g/mol. The third-order valence-electron chi connectivity index (χ3n) is 3.47. The van der Waals surface area contributed by atoms with Crippen LogP contribution in [0.15, 0.2) is 0 Å². The van der Waals surface area contributed by atoms with Crippen molar-refractivity contribution in [2.75, 3.05) is 0 Å². The molecule has 72 valence electrons. The van der Waals surface area contributed by atoms with Gasteiger partial charge in [0.05, 0.1) is 0 Å². The van der Waals surface area contributed by atoms with Gasteiger partial charge in [-0.05, 0) is 11.8 Å². The highest BCUT2D eigenvalue weighted by molar-refractivity contribution is 4.73. The molecular formula is C12H24. The Labute approximate surface area is 77.7 Å². The van der Waals surface area contributed by atoms with Crippen LogP contribution in [0, 0.1) is 11.8 Å². The van der Waals surface area contributed by atoms with Crippen LogP contribution in [-0.4, -0.2) is 0 Å². The van der Waals surface area contributed by atoms with E-state index in [1.165, 1.54) is 51.4 Å². The molecule has 0 heteroatoms. The summed E-state index contributed by atoms with van der Waals surface area (Å²) in [5, 5.41) is 0. The molecule has 0 saturated heterocycles. The minimum Gasteiger partial charge on any atom is -0.0654 e. The van der Waals surface area contributed by atoms with Gasteiger partial charge in [-0.3, -0.25) is 0 Å². The van der Waals surface area contributed by atoms with E-state index in [9.17, 15) is 0 Å². The van der Waals surface area contributed by atoms with Crippen molar-refractivity contribution in [1.29, 1.82) is 0 Å². The Morgan fingerprint density at radius 2 is 1.92 bits per heavy atom. The first-order valence-corrected chi connectivity index (χ1v) is 5.84. The van der Waals surface area contributed by atoms with Crippen molar-refractivity contribution >= 4 is 0 Å². The molecule has 0 unspecified atom stereocenters. The predicted molar refractivity (Wildman–Crippen MR) is 55.3 cm³/mol. The molecule has 0 nitrogen and oxygen atoms in total. The summed E-state index contributed by atoms with van der Waals surface area (Å²) in [7, 11) is 0. The fourth-order valence-corrected chi connectivity index (χ4v) is 2.48. The van der Waals surface area contributed by atoms with E-state index < -0.39 is 0 Å². The molecule has 12 heavy (non-hydrogen) atoms. The first kappa shape index (κ1) is 10.1. The van der Waals surface area contributed by atoms with Gasteiger partial charge >= 0.3 is 0 Å². The molecule has 0 N–H and O–H groups in total. The summed E-state index contributed by atoms with van der Waals surface area (Å²) < 4.78 is 0. The molecule has 1 aliphatic carbocycles. The molecule has 0 aromatic carbocycles. The van der Waals surface area contributed by atoms with Crippen LogP contribution in [0.4, 0.5) is 0 Å². The largest absolute Gasteiger partial charge is 0.0654 e. The Balaban J connectivity index is 1.98. The predicted octanol–water partition coefficient (Wildman–Crippen LogP) is 4.39. The van der Waals surface area contributed by atoms with Gasteiger partial charge in [0, 0.05) is 0 Å². The molecule has 1 aliphatic rings. The Bertz CT molecular complexity index is 107.